The summed E-state index contributed by atoms with van der Waals surface area (Å²) in [7, 11) is 0. The maximum atomic E-state index is 5.84. The molecule has 15 heavy (non-hydrogen) atoms. The fraction of sp³-hybridized carbons (Fsp3) is 0.0833. The number of nitrogens with zero attached hydrogens (tertiary/aromatic N) is 1. The van der Waals surface area contributed by atoms with Crippen LogP contribution in [-0.2, 0) is 0 Å². The highest BCUT2D eigenvalue weighted by atomic mass is 79.9. The van der Waals surface area contributed by atoms with Crippen LogP contribution in [0.25, 0.3) is 0 Å². The van der Waals surface area contributed by atoms with Gasteiger partial charge >= 0.3 is 0 Å². The molecule has 0 spiro atoms. The maximum Gasteiger partial charge on any atom is 0.0645 e. The lowest BCUT2D eigenvalue weighted by atomic mass is 10.1. The van der Waals surface area contributed by atoms with E-state index in [0.717, 1.165) is 5.02 Å². The molecular formula is C12H9BrClN. The zero-order valence-corrected chi connectivity index (χ0v) is 10.2. The predicted molar refractivity (Wildman–Crippen MR) is 66.5 cm³/mol. The number of hydrogen-bond donors (Lipinski definition) is 0. The molecule has 0 aliphatic rings. The monoisotopic (exact) mass is 281 g/mol. The largest absolute Gasteiger partial charge is 0.265 e. The molecule has 1 nitrogen and oxygen atoms in total. The molecule has 1 aromatic carbocycles. The summed E-state index contributed by atoms with van der Waals surface area (Å²) in [5.41, 5.74) is 2.37. The molecular weight excluding hydrogens is 273 g/mol. The first-order chi connectivity index (χ1) is 7.27. The van der Waals surface area contributed by atoms with E-state index < -0.39 is 0 Å². The van der Waals surface area contributed by atoms with Crippen molar-refractivity contribution in [3.8, 4) is 0 Å². The van der Waals surface area contributed by atoms with Gasteiger partial charge in [-0.05, 0) is 35.4 Å². The smallest absolute Gasteiger partial charge is 0.0645 e. The minimum absolute atomic E-state index is 0.192. The molecule has 3 heteroatoms. The molecule has 0 bridgehead atoms. The number of rotatable bonds is 2. The van der Waals surface area contributed by atoms with E-state index in [2.05, 4.69) is 20.9 Å². The van der Waals surface area contributed by atoms with Crippen LogP contribution in [0.15, 0.2) is 48.8 Å². The van der Waals surface area contributed by atoms with Crippen molar-refractivity contribution in [3.05, 3.63) is 64.9 Å². The molecule has 76 valence electrons. The summed E-state index contributed by atoms with van der Waals surface area (Å²) in [4.78, 5) is 4.19. The molecule has 0 aliphatic heterocycles. The van der Waals surface area contributed by atoms with E-state index in [0.29, 0.717) is 0 Å². The fourth-order valence-corrected chi connectivity index (χ4v) is 2.09. The molecule has 0 saturated carbocycles. The minimum Gasteiger partial charge on any atom is -0.265 e. The van der Waals surface area contributed by atoms with E-state index in [1.165, 1.54) is 11.1 Å². The van der Waals surface area contributed by atoms with Crippen molar-refractivity contribution >= 4 is 27.5 Å². The van der Waals surface area contributed by atoms with E-state index in [1.807, 2.05) is 36.4 Å². The highest BCUT2D eigenvalue weighted by Gasteiger charge is 2.08. The quantitative estimate of drug-likeness (QED) is 0.752. The molecule has 0 radical (unpaired) electrons. The van der Waals surface area contributed by atoms with Gasteiger partial charge in [-0.25, -0.2) is 0 Å². The maximum absolute atomic E-state index is 5.84. The Morgan fingerprint density at radius 1 is 0.933 bits per heavy atom. The van der Waals surface area contributed by atoms with Gasteiger partial charge < -0.3 is 0 Å². The van der Waals surface area contributed by atoms with E-state index in [1.54, 1.807) is 12.4 Å². The van der Waals surface area contributed by atoms with Gasteiger partial charge in [-0.1, -0.05) is 39.7 Å². The number of pyridine rings is 1. The van der Waals surface area contributed by atoms with Gasteiger partial charge in [0.05, 0.1) is 4.83 Å². The first-order valence-corrected chi connectivity index (χ1v) is 5.86. The number of hydrogen-bond acceptors (Lipinski definition) is 1. The molecule has 1 aromatic heterocycles. The van der Waals surface area contributed by atoms with Crippen molar-refractivity contribution in [1.82, 2.24) is 4.98 Å². The van der Waals surface area contributed by atoms with Gasteiger partial charge in [-0.3, -0.25) is 4.98 Å². The van der Waals surface area contributed by atoms with E-state index >= 15 is 0 Å². The molecule has 0 N–H and O–H groups in total. The summed E-state index contributed by atoms with van der Waals surface area (Å²) in [6, 6.07) is 11.8. The van der Waals surface area contributed by atoms with E-state index in [9.17, 15) is 0 Å². The van der Waals surface area contributed by atoms with Crippen molar-refractivity contribution in [3.63, 3.8) is 0 Å². The summed E-state index contributed by atoms with van der Waals surface area (Å²) < 4.78 is 0. The number of benzene rings is 1. The second kappa shape index (κ2) is 4.77. The molecule has 1 heterocycles. The van der Waals surface area contributed by atoms with Crippen LogP contribution in [0.4, 0.5) is 0 Å². The van der Waals surface area contributed by atoms with Gasteiger partial charge in [0.1, 0.15) is 0 Å². The molecule has 2 aromatic rings. The van der Waals surface area contributed by atoms with Crippen LogP contribution in [0, 0.1) is 0 Å². The molecule has 1 unspecified atom stereocenters. The summed E-state index contributed by atoms with van der Waals surface area (Å²) >= 11 is 9.48. The first-order valence-electron chi connectivity index (χ1n) is 4.57. The second-order valence-corrected chi connectivity index (χ2v) is 4.55. The third-order valence-electron chi connectivity index (χ3n) is 2.16. The van der Waals surface area contributed by atoms with Gasteiger partial charge in [0.15, 0.2) is 0 Å². The normalized spacial score (nSPS) is 12.4. The van der Waals surface area contributed by atoms with Crippen LogP contribution in [0.2, 0.25) is 5.02 Å². The topological polar surface area (TPSA) is 12.9 Å². The molecule has 2 rings (SSSR count). The number of alkyl halides is 1. The fourth-order valence-electron chi connectivity index (χ4n) is 1.36. The Balaban J connectivity index is 2.29. The lowest BCUT2D eigenvalue weighted by Gasteiger charge is -2.09. The number of halogens is 2. The third-order valence-corrected chi connectivity index (χ3v) is 3.47. The summed E-state index contributed by atoms with van der Waals surface area (Å²) in [6.07, 6.45) is 3.58. The highest BCUT2D eigenvalue weighted by Crippen LogP contribution is 2.30. The Morgan fingerprint density at radius 2 is 1.47 bits per heavy atom. The zero-order chi connectivity index (χ0) is 10.7. The molecule has 0 fully saturated rings. The Hall–Kier alpha value is -0.860. The van der Waals surface area contributed by atoms with Crippen LogP contribution in [0.3, 0.4) is 0 Å². The van der Waals surface area contributed by atoms with Crippen molar-refractivity contribution in [2.24, 2.45) is 0 Å². The van der Waals surface area contributed by atoms with Gasteiger partial charge in [-0.2, -0.15) is 0 Å². The van der Waals surface area contributed by atoms with E-state index in [4.69, 9.17) is 11.6 Å². The van der Waals surface area contributed by atoms with Crippen LogP contribution in [-0.4, -0.2) is 4.98 Å². The van der Waals surface area contributed by atoms with Crippen molar-refractivity contribution < 1.29 is 0 Å². The molecule has 0 amide bonds. The van der Waals surface area contributed by atoms with Gasteiger partial charge in [0.2, 0.25) is 0 Å². The second-order valence-electron chi connectivity index (χ2n) is 3.19. The van der Waals surface area contributed by atoms with Crippen LogP contribution >= 0.6 is 27.5 Å². The lowest BCUT2D eigenvalue weighted by molar-refractivity contribution is 1.15. The molecule has 1 atom stereocenters. The zero-order valence-electron chi connectivity index (χ0n) is 7.90. The Labute approximate surface area is 102 Å². The summed E-state index contributed by atoms with van der Waals surface area (Å²) in [6.45, 7) is 0. The van der Waals surface area contributed by atoms with Crippen LogP contribution < -0.4 is 0 Å². The summed E-state index contributed by atoms with van der Waals surface area (Å²) in [5.74, 6) is 0. The Bertz CT molecular complexity index is 427. The minimum atomic E-state index is 0.192. The van der Waals surface area contributed by atoms with Gasteiger partial charge in [0.25, 0.3) is 0 Å². The average Bonchev–Trinajstić information content (AvgIpc) is 2.30. The molecule has 0 aliphatic carbocycles. The van der Waals surface area contributed by atoms with Crippen molar-refractivity contribution in [2.45, 2.75) is 4.83 Å². The van der Waals surface area contributed by atoms with Crippen molar-refractivity contribution in [2.75, 3.05) is 0 Å². The average molecular weight is 283 g/mol. The van der Waals surface area contributed by atoms with E-state index in [-0.39, 0.29) is 4.83 Å². The van der Waals surface area contributed by atoms with Gasteiger partial charge in [-0.15, -0.1) is 0 Å². The SMILES string of the molecule is Clc1ccc(C(Br)c2ccncc2)cc1. The van der Waals surface area contributed by atoms with Crippen LogP contribution in [0.5, 0.6) is 0 Å². The van der Waals surface area contributed by atoms with Gasteiger partial charge in [0, 0.05) is 17.4 Å². The lowest BCUT2D eigenvalue weighted by Crippen LogP contribution is -1.92. The Kier molecular flexibility index (Phi) is 3.39. The third kappa shape index (κ3) is 2.58. The highest BCUT2D eigenvalue weighted by molar-refractivity contribution is 9.09. The molecule has 0 saturated heterocycles. The number of aromatic nitrogens is 1. The Morgan fingerprint density at radius 3 is 2.07 bits per heavy atom. The predicted octanol–water partition coefficient (Wildman–Crippen LogP) is 4.22. The summed E-state index contributed by atoms with van der Waals surface area (Å²) in [5, 5.41) is 0.758. The first kappa shape index (κ1) is 10.7. The van der Waals surface area contributed by atoms with Crippen molar-refractivity contribution in [1.29, 1.82) is 0 Å². The standard InChI is InChI=1S/C12H9BrClN/c13-12(10-5-7-15-8-6-10)9-1-3-11(14)4-2-9/h1-8,12H. The van der Waals surface area contributed by atoms with Crippen LogP contribution in [0.1, 0.15) is 16.0 Å².